The highest BCUT2D eigenvalue weighted by atomic mass is 32.2. The molecule has 0 fully saturated rings. The smallest absolute Gasteiger partial charge is 0.328 e. The van der Waals surface area contributed by atoms with Crippen LogP contribution < -0.4 is 0 Å². The van der Waals surface area contributed by atoms with Gasteiger partial charge < -0.3 is 5.11 Å². The fourth-order valence-electron chi connectivity index (χ4n) is 1.45. The summed E-state index contributed by atoms with van der Waals surface area (Å²) in [6.45, 7) is 0. The van der Waals surface area contributed by atoms with E-state index in [1.807, 2.05) is 24.3 Å². The molecular formula is C12H12N4O2S. The van der Waals surface area contributed by atoms with Gasteiger partial charge >= 0.3 is 5.97 Å². The molecule has 1 N–H and O–H groups in total. The van der Waals surface area contributed by atoms with Crippen LogP contribution in [-0.2, 0) is 17.6 Å². The van der Waals surface area contributed by atoms with E-state index in [-0.39, 0.29) is 0 Å². The lowest BCUT2D eigenvalue weighted by Gasteiger charge is -2.01. The summed E-state index contributed by atoms with van der Waals surface area (Å²) in [6, 6.07) is 7.68. The van der Waals surface area contributed by atoms with Crippen LogP contribution in [0.2, 0.25) is 0 Å². The molecule has 2 rings (SSSR count). The molecule has 6 nitrogen and oxygen atoms in total. The van der Waals surface area contributed by atoms with Gasteiger partial charge in [0.05, 0.1) is 0 Å². The molecule has 98 valence electrons. The Morgan fingerprint density at radius 3 is 3.05 bits per heavy atom. The Morgan fingerprint density at radius 1 is 1.53 bits per heavy atom. The molecule has 19 heavy (non-hydrogen) atoms. The largest absolute Gasteiger partial charge is 0.478 e. The van der Waals surface area contributed by atoms with Gasteiger partial charge in [0.15, 0.2) is 0 Å². The van der Waals surface area contributed by atoms with E-state index in [4.69, 9.17) is 5.11 Å². The summed E-state index contributed by atoms with van der Waals surface area (Å²) in [6.07, 6.45) is 2.69. The average Bonchev–Trinajstić information content (AvgIpc) is 2.80. The maximum atomic E-state index is 10.5. The molecule has 2 aromatic rings. The highest BCUT2D eigenvalue weighted by Gasteiger charge is 2.03. The van der Waals surface area contributed by atoms with E-state index in [1.54, 1.807) is 17.8 Å². The van der Waals surface area contributed by atoms with Gasteiger partial charge in [-0.2, -0.15) is 0 Å². The standard InChI is InChI=1S/C12H12N4O2S/c1-16-12(13-14-15-16)19-8-10-4-2-3-9(7-10)5-6-11(17)18/h2-7H,8H2,1H3,(H,17,18)/b6-5+. The third kappa shape index (κ3) is 3.92. The number of thioether (sulfide) groups is 1. The lowest BCUT2D eigenvalue weighted by molar-refractivity contribution is -0.131. The maximum Gasteiger partial charge on any atom is 0.328 e. The number of aliphatic carboxylic acids is 1. The predicted molar refractivity (Wildman–Crippen MR) is 71.5 cm³/mol. The lowest BCUT2D eigenvalue weighted by atomic mass is 10.1. The van der Waals surface area contributed by atoms with E-state index in [9.17, 15) is 4.79 Å². The van der Waals surface area contributed by atoms with Crippen molar-refractivity contribution < 1.29 is 9.90 Å². The van der Waals surface area contributed by atoms with Crippen LogP contribution in [0, 0.1) is 0 Å². The SMILES string of the molecule is Cn1nnnc1SCc1cccc(/C=C/C(=O)O)c1. The molecule has 0 saturated heterocycles. The van der Waals surface area contributed by atoms with Gasteiger partial charge in [0.1, 0.15) is 0 Å². The van der Waals surface area contributed by atoms with E-state index >= 15 is 0 Å². The molecule has 1 aromatic carbocycles. The zero-order chi connectivity index (χ0) is 13.7. The molecule has 0 aliphatic carbocycles. The molecule has 0 radical (unpaired) electrons. The molecule has 1 aromatic heterocycles. The first-order chi connectivity index (χ1) is 9.15. The zero-order valence-corrected chi connectivity index (χ0v) is 11.0. The summed E-state index contributed by atoms with van der Waals surface area (Å²) >= 11 is 1.53. The first kappa shape index (κ1) is 13.3. The number of benzene rings is 1. The van der Waals surface area contributed by atoms with Crippen molar-refractivity contribution in [2.75, 3.05) is 0 Å². The van der Waals surface area contributed by atoms with Crippen LogP contribution in [0.3, 0.4) is 0 Å². The second-order valence-electron chi connectivity index (χ2n) is 3.79. The third-order valence-corrected chi connectivity index (χ3v) is 3.40. The van der Waals surface area contributed by atoms with Crippen molar-refractivity contribution in [2.45, 2.75) is 10.9 Å². The first-order valence-electron chi connectivity index (χ1n) is 5.50. The molecule has 0 spiro atoms. The number of nitrogens with zero attached hydrogens (tertiary/aromatic N) is 4. The Hall–Kier alpha value is -2.15. The molecule has 0 atom stereocenters. The Kier molecular flexibility index (Phi) is 4.30. The first-order valence-corrected chi connectivity index (χ1v) is 6.49. The minimum absolute atomic E-state index is 0.725. The van der Waals surface area contributed by atoms with Crippen molar-refractivity contribution in [1.29, 1.82) is 0 Å². The zero-order valence-electron chi connectivity index (χ0n) is 10.2. The Morgan fingerprint density at radius 2 is 2.37 bits per heavy atom. The highest BCUT2D eigenvalue weighted by molar-refractivity contribution is 7.98. The number of hydrogen-bond acceptors (Lipinski definition) is 5. The Labute approximate surface area is 114 Å². The van der Waals surface area contributed by atoms with E-state index in [2.05, 4.69) is 15.5 Å². The monoisotopic (exact) mass is 276 g/mol. The molecule has 7 heteroatoms. The molecular weight excluding hydrogens is 264 g/mol. The van der Waals surface area contributed by atoms with Crippen molar-refractivity contribution in [1.82, 2.24) is 20.2 Å². The Balaban J connectivity index is 2.03. The van der Waals surface area contributed by atoms with E-state index in [1.165, 1.54) is 11.8 Å². The summed E-state index contributed by atoms with van der Waals surface area (Å²) in [5, 5.41) is 20.5. The van der Waals surface area contributed by atoms with Gasteiger partial charge in [-0.1, -0.05) is 36.0 Å². The highest BCUT2D eigenvalue weighted by Crippen LogP contribution is 2.20. The van der Waals surface area contributed by atoms with Crippen molar-refractivity contribution >= 4 is 23.8 Å². The number of hydrogen-bond donors (Lipinski definition) is 1. The summed E-state index contributed by atoms with van der Waals surface area (Å²) in [4.78, 5) is 10.5. The second kappa shape index (κ2) is 6.14. The fraction of sp³-hybridized carbons (Fsp3) is 0.167. The van der Waals surface area contributed by atoms with Crippen LogP contribution in [-0.4, -0.2) is 31.3 Å². The van der Waals surface area contributed by atoms with Crippen LogP contribution >= 0.6 is 11.8 Å². The van der Waals surface area contributed by atoms with E-state index in [0.29, 0.717) is 0 Å². The van der Waals surface area contributed by atoms with Gasteiger partial charge in [-0.3, -0.25) is 0 Å². The topological polar surface area (TPSA) is 80.9 Å². The molecule has 0 saturated carbocycles. The van der Waals surface area contributed by atoms with Gasteiger partial charge in [0, 0.05) is 18.9 Å². The lowest BCUT2D eigenvalue weighted by Crippen LogP contribution is -1.93. The van der Waals surface area contributed by atoms with E-state index < -0.39 is 5.97 Å². The van der Waals surface area contributed by atoms with Gasteiger partial charge in [0.2, 0.25) is 5.16 Å². The van der Waals surface area contributed by atoms with Gasteiger partial charge in [-0.15, -0.1) is 5.10 Å². The van der Waals surface area contributed by atoms with Crippen molar-refractivity contribution in [2.24, 2.45) is 7.05 Å². The van der Waals surface area contributed by atoms with Crippen LogP contribution in [0.4, 0.5) is 0 Å². The Bertz CT molecular complexity index is 609. The van der Waals surface area contributed by atoms with Gasteiger partial charge in [-0.25, -0.2) is 9.48 Å². The van der Waals surface area contributed by atoms with Crippen molar-refractivity contribution in [3.8, 4) is 0 Å². The average molecular weight is 276 g/mol. The number of aryl methyl sites for hydroxylation is 1. The number of rotatable bonds is 5. The normalized spacial score (nSPS) is 11.0. The quantitative estimate of drug-likeness (QED) is 0.660. The van der Waals surface area contributed by atoms with Crippen molar-refractivity contribution in [3.63, 3.8) is 0 Å². The van der Waals surface area contributed by atoms with Crippen molar-refractivity contribution in [3.05, 3.63) is 41.5 Å². The van der Waals surface area contributed by atoms with Crippen LogP contribution in [0.15, 0.2) is 35.5 Å². The van der Waals surface area contributed by atoms with Crippen LogP contribution in [0.25, 0.3) is 6.08 Å². The molecule has 0 aliphatic heterocycles. The molecule has 0 amide bonds. The predicted octanol–water partition coefficient (Wildman–Crippen LogP) is 1.60. The van der Waals surface area contributed by atoms with Gasteiger partial charge in [0.25, 0.3) is 0 Å². The summed E-state index contributed by atoms with van der Waals surface area (Å²) < 4.78 is 1.61. The minimum Gasteiger partial charge on any atom is -0.478 e. The number of carboxylic acids is 1. The second-order valence-corrected chi connectivity index (χ2v) is 4.73. The number of tetrazole rings is 1. The molecule has 0 bridgehead atoms. The van der Waals surface area contributed by atoms with Crippen LogP contribution in [0.1, 0.15) is 11.1 Å². The van der Waals surface area contributed by atoms with E-state index in [0.717, 1.165) is 28.1 Å². The van der Waals surface area contributed by atoms with Crippen LogP contribution in [0.5, 0.6) is 0 Å². The minimum atomic E-state index is -0.954. The summed E-state index contributed by atoms with van der Waals surface area (Å²) in [5.41, 5.74) is 1.94. The number of aromatic nitrogens is 4. The summed E-state index contributed by atoms with van der Waals surface area (Å²) in [5.74, 6) is -0.229. The fourth-order valence-corrected chi connectivity index (χ4v) is 2.24. The molecule has 1 heterocycles. The maximum absolute atomic E-state index is 10.5. The molecule has 0 aliphatic rings. The third-order valence-electron chi connectivity index (χ3n) is 2.32. The summed E-state index contributed by atoms with van der Waals surface area (Å²) in [7, 11) is 1.79. The number of carboxylic acid groups (broad SMARTS) is 1. The van der Waals surface area contributed by atoms with Gasteiger partial charge in [-0.05, 0) is 27.6 Å². The molecule has 0 unspecified atom stereocenters. The number of carbonyl (C=O) groups is 1.